The molecular formula is C18H23N5O. The molecule has 3 heterocycles. The molecular weight excluding hydrogens is 302 g/mol. The van der Waals surface area contributed by atoms with Crippen molar-refractivity contribution in [2.75, 3.05) is 6.54 Å². The fraction of sp³-hybridized carbons (Fsp3) is 0.389. The molecule has 0 N–H and O–H groups in total. The fourth-order valence-electron chi connectivity index (χ4n) is 2.84. The monoisotopic (exact) mass is 325 g/mol. The van der Waals surface area contributed by atoms with E-state index >= 15 is 0 Å². The van der Waals surface area contributed by atoms with Crippen molar-refractivity contribution in [2.24, 2.45) is 7.05 Å². The van der Waals surface area contributed by atoms with Gasteiger partial charge in [0.25, 0.3) is 5.56 Å². The summed E-state index contributed by atoms with van der Waals surface area (Å²) in [5.74, 6) is 1.01. The van der Waals surface area contributed by atoms with E-state index in [2.05, 4.69) is 21.8 Å². The van der Waals surface area contributed by atoms with Gasteiger partial charge in [0.15, 0.2) is 0 Å². The van der Waals surface area contributed by atoms with Crippen LogP contribution in [-0.2, 0) is 20.1 Å². The molecule has 0 bridgehead atoms. The van der Waals surface area contributed by atoms with Gasteiger partial charge in [0.1, 0.15) is 11.5 Å². The molecule has 126 valence electrons. The van der Waals surface area contributed by atoms with Crippen LogP contribution in [0.1, 0.15) is 30.4 Å². The molecule has 0 radical (unpaired) electrons. The lowest BCUT2D eigenvalue weighted by Crippen LogP contribution is -2.27. The Morgan fingerprint density at radius 1 is 1.21 bits per heavy atom. The van der Waals surface area contributed by atoms with Crippen LogP contribution in [0.2, 0.25) is 0 Å². The standard InChI is InChI=1S/C18H23N5O/c1-4-7-22(13-17-19-6-9-21(17)3)12-15-11-18(24)23-8-5-14(2)10-16(23)20-15/h5-6,8-11H,4,7,12-13H2,1-3H3. The lowest BCUT2D eigenvalue weighted by Gasteiger charge is -2.21. The van der Waals surface area contributed by atoms with Crippen LogP contribution < -0.4 is 5.56 Å². The molecule has 3 aromatic rings. The second-order valence-corrected chi connectivity index (χ2v) is 6.18. The Balaban J connectivity index is 1.88. The highest BCUT2D eigenvalue weighted by molar-refractivity contribution is 5.41. The molecule has 0 aliphatic carbocycles. The summed E-state index contributed by atoms with van der Waals surface area (Å²) < 4.78 is 3.61. The first-order valence-electron chi connectivity index (χ1n) is 8.24. The van der Waals surface area contributed by atoms with E-state index in [4.69, 9.17) is 0 Å². The number of imidazole rings is 1. The predicted octanol–water partition coefficient (Wildman–Crippen LogP) is 2.15. The zero-order valence-corrected chi connectivity index (χ0v) is 14.4. The maximum absolute atomic E-state index is 12.3. The largest absolute Gasteiger partial charge is 0.337 e. The van der Waals surface area contributed by atoms with Crippen LogP contribution in [-0.4, -0.2) is 30.4 Å². The number of aryl methyl sites for hydroxylation is 2. The summed E-state index contributed by atoms with van der Waals surface area (Å²) >= 11 is 0. The van der Waals surface area contributed by atoms with E-state index in [0.717, 1.165) is 36.6 Å². The first-order chi connectivity index (χ1) is 11.6. The van der Waals surface area contributed by atoms with Crippen molar-refractivity contribution in [2.45, 2.75) is 33.4 Å². The predicted molar refractivity (Wildman–Crippen MR) is 93.8 cm³/mol. The van der Waals surface area contributed by atoms with Crippen molar-refractivity contribution >= 4 is 5.65 Å². The van der Waals surface area contributed by atoms with Gasteiger partial charge in [-0.2, -0.15) is 0 Å². The fourth-order valence-corrected chi connectivity index (χ4v) is 2.84. The molecule has 3 rings (SSSR count). The van der Waals surface area contributed by atoms with Crippen molar-refractivity contribution in [3.8, 4) is 0 Å². The summed E-state index contributed by atoms with van der Waals surface area (Å²) in [6.45, 7) is 6.47. The molecule has 0 saturated heterocycles. The third-order valence-electron chi connectivity index (χ3n) is 4.09. The van der Waals surface area contributed by atoms with Gasteiger partial charge in [-0.25, -0.2) is 9.97 Å². The van der Waals surface area contributed by atoms with E-state index in [9.17, 15) is 4.79 Å². The van der Waals surface area contributed by atoms with Crippen LogP contribution in [0.25, 0.3) is 5.65 Å². The smallest absolute Gasteiger partial charge is 0.258 e. The molecule has 0 unspecified atom stereocenters. The van der Waals surface area contributed by atoms with Crippen LogP contribution in [0.5, 0.6) is 0 Å². The van der Waals surface area contributed by atoms with Crippen LogP contribution >= 0.6 is 0 Å². The molecule has 0 fully saturated rings. The van der Waals surface area contributed by atoms with Gasteiger partial charge in [0.2, 0.25) is 0 Å². The van der Waals surface area contributed by atoms with E-state index in [0.29, 0.717) is 12.2 Å². The number of nitrogens with zero attached hydrogens (tertiary/aromatic N) is 5. The molecule has 0 spiro atoms. The first kappa shape index (κ1) is 16.4. The molecule has 0 aliphatic rings. The Morgan fingerprint density at radius 3 is 2.75 bits per heavy atom. The Hall–Kier alpha value is -2.47. The maximum atomic E-state index is 12.3. The van der Waals surface area contributed by atoms with Crippen molar-refractivity contribution in [3.63, 3.8) is 0 Å². The van der Waals surface area contributed by atoms with Crippen LogP contribution in [0.3, 0.4) is 0 Å². The number of aromatic nitrogens is 4. The zero-order chi connectivity index (χ0) is 17.1. The minimum atomic E-state index is -0.0385. The molecule has 3 aromatic heterocycles. The highest BCUT2D eigenvalue weighted by Crippen LogP contribution is 2.09. The van der Waals surface area contributed by atoms with Crippen molar-refractivity contribution in [3.05, 3.63) is 64.2 Å². The van der Waals surface area contributed by atoms with Crippen LogP contribution in [0.4, 0.5) is 0 Å². The summed E-state index contributed by atoms with van der Waals surface area (Å²) in [6.07, 6.45) is 6.57. The van der Waals surface area contributed by atoms with Gasteiger partial charge >= 0.3 is 0 Å². The lowest BCUT2D eigenvalue weighted by molar-refractivity contribution is 0.245. The van der Waals surface area contributed by atoms with E-state index in [1.54, 1.807) is 16.7 Å². The third-order valence-corrected chi connectivity index (χ3v) is 4.09. The topological polar surface area (TPSA) is 55.4 Å². The second-order valence-electron chi connectivity index (χ2n) is 6.18. The highest BCUT2D eigenvalue weighted by Gasteiger charge is 2.11. The van der Waals surface area contributed by atoms with Crippen LogP contribution in [0, 0.1) is 6.92 Å². The number of hydrogen-bond donors (Lipinski definition) is 0. The minimum Gasteiger partial charge on any atom is -0.337 e. The van der Waals surface area contributed by atoms with Gasteiger partial charge in [-0.3, -0.25) is 14.1 Å². The van der Waals surface area contributed by atoms with Crippen molar-refractivity contribution in [1.29, 1.82) is 0 Å². The molecule has 0 amide bonds. The Morgan fingerprint density at radius 2 is 2.04 bits per heavy atom. The first-order valence-corrected chi connectivity index (χ1v) is 8.24. The molecule has 0 atom stereocenters. The second kappa shape index (κ2) is 6.97. The average molecular weight is 325 g/mol. The Bertz CT molecular complexity index is 896. The number of hydrogen-bond acceptors (Lipinski definition) is 4. The summed E-state index contributed by atoms with van der Waals surface area (Å²) in [5, 5.41) is 0. The molecule has 0 aromatic carbocycles. The molecule has 24 heavy (non-hydrogen) atoms. The van der Waals surface area contributed by atoms with Gasteiger partial charge in [0, 0.05) is 38.2 Å². The quantitative estimate of drug-likeness (QED) is 0.697. The molecule has 0 aliphatic heterocycles. The Kier molecular flexibility index (Phi) is 4.76. The molecule has 6 heteroatoms. The highest BCUT2D eigenvalue weighted by atomic mass is 16.1. The van der Waals surface area contributed by atoms with Crippen molar-refractivity contribution in [1.82, 2.24) is 23.8 Å². The van der Waals surface area contributed by atoms with E-state index < -0.39 is 0 Å². The lowest BCUT2D eigenvalue weighted by atomic mass is 10.3. The SMILES string of the molecule is CCCN(Cc1cc(=O)n2ccc(C)cc2n1)Cc1nccn1C. The van der Waals surface area contributed by atoms with E-state index in [1.165, 1.54) is 0 Å². The van der Waals surface area contributed by atoms with Gasteiger partial charge in [0.05, 0.1) is 12.2 Å². The number of rotatable bonds is 6. The minimum absolute atomic E-state index is 0.0385. The molecule has 6 nitrogen and oxygen atoms in total. The van der Waals surface area contributed by atoms with Gasteiger partial charge in [-0.05, 0) is 37.6 Å². The number of fused-ring (bicyclic) bond motifs is 1. The van der Waals surface area contributed by atoms with E-state index in [1.807, 2.05) is 43.1 Å². The van der Waals surface area contributed by atoms with Gasteiger partial charge in [-0.15, -0.1) is 0 Å². The average Bonchev–Trinajstić information content (AvgIpc) is 2.92. The zero-order valence-electron chi connectivity index (χ0n) is 14.4. The third kappa shape index (κ3) is 3.54. The summed E-state index contributed by atoms with van der Waals surface area (Å²) in [7, 11) is 2.00. The normalized spacial score (nSPS) is 11.5. The van der Waals surface area contributed by atoms with Crippen LogP contribution in [0.15, 0.2) is 41.6 Å². The van der Waals surface area contributed by atoms with Gasteiger partial charge < -0.3 is 4.57 Å². The maximum Gasteiger partial charge on any atom is 0.258 e. The summed E-state index contributed by atoms with van der Waals surface area (Å²) in [6, 6.07) is 5.48. The van der Waals surface area contributed by atoms with E-state index in [-0.39, 0.29) is 5.56 Å². The van der Waals surface area contributed by atoms with Gasteiger partial charge in [-0.1, -0.05) is 6.92 Å². The number of pyridine rings is 1. The summed E-state index contributed by atoms with van der Waals surface area (Å²) in [4.78, 5) is 23.6. The summed E-state index contributed by atoms with van der Waals surface area (Å²) in [5.41, 5.74) is 2.56. The molecule has 0 saturated carbocycles. The van der Waals surface area contributed by atoms with Crippen molar-refractivity contribution < 1.29 is 0 Å². The Labute approximate surface area is 141 Å².